The van der Waals surface area contributed by atoms with E-state index in [1.165, 1.54) is 0 Å². The molecule has 1 unspecified atom stereocenters. The Bertz CT molecular complexity index is 438. The van der Waals surface area contributed by atoms with Crippen molar-refractivity contribution < 1.29 is 9.53 Å². The van der Waals surface area contributed by atoms with Gasteiger partial charge in [-0.1, -0.05) is 36.2 Å². The van der Waals surface area contributed by atoms with Crippen LogP contribution >= 0.6 is 23.2 Å². The zero-order chi connectivity index (χ0) is 15.0. The second-order valence-corrected chi connectivity index (χ2v) is 5.33. The van der Waals surface area contributed by atoms with E-state index in [2.05, 4.69) is 12.2 Å². The molecule has 0 amide bonds. The lowest BCUT2D eigenvalue weighted by atomic mass is 10.0. The van der Waals surface area contributed by atoms with Crippen LogP contribution in [0.25, 0.3) is 0 Å². The Morgan fingerprint density at radius 3 is 2.70 bits per heavy atom. The second-order valence-electron chi connectivity index (χ2n) is 4.49. The fourth-order valence-electron chi connectivity index (χ4n) is 2.00. The van der Waals surface area contributed by atoms with Crippen molar-refractivity contribution in [3.63, 3.8) is 0 Å². The molecule has 0 aliphatic carbocycles. The SMILES string of the molecule is CCOC(=O)CCCNC(CC)c1ccc(Cl)cc1Cl. The van der Waals surface area contributed by atoms with E-state index in [9.17, 15) is 4.79 Å². The van der Waals surface area contributed by atoms with Crippen LogP contribution in [-0.2, 0) is 9.53 Å². The zero-order valence-electron chi connectivity index (χ0n) is 11.9. The predicted octanol–water partition coefficient (Wildman–Crippen LogP) is 4.38. The van der Waals surface area contributed by atoms with Crippen molar-refractivity contribution in [2.75, 3.05) is 13.2 Å². The number of ether oxygens (including phenoxy) is 1. The van der Waals surface area contributed by atoms with Crippen LogP contribution in [0.4, 0.5) is 0 Å². The van der Waals surface area contributed by atoms with Gasteiger partial charge in [-0.15, -0.1) is 0 Å². The van der Waals surface area contributed by atoms with Gasteiger partial charge in [-0.05, 0) is 44.0 Å². The van der Waals surface area contributed by atoms with Gasteiger partial charge in [0.25, 0.3) is 0 Å². The molecule has 1 rings (SSSR count). The molecule has 1 aromatic rings. The molecule has 5 heteroatoms. The van der Waals surface area contributed by atoms with E-state index in [-0.39, 0.29) is 12.0 Å². The van der Waals surface area contributed by atoms with Gasteiger partial charge in [-0.2, -0.15) is 0 Å². The molecule has 0 heterocycles. The topological polar surface area (TPSA) is 38.3 Å². The third-order valence-corrected chi connectivity index (χ3v) is 3.56. The average Bonchev–Trinajstić information content (AvgIpc) is 2.40. The Hall–Kier alpha value is -0.770. The molecule has 0 aliphatic rings. The van der Waals surface area contributed by atoms with Gasteiger partial charge in [-0.25, -0.2) is 0 Å². The van der Waals surface area contributed by atoms with E-state index in [1.807, 2.05) is 19.1 Å². The van der Waals surface area contributed by atoms with Crippen LogP contribution in [0.2, 0.25) is 10.0 Å². The molecule has 1 N–H and O–H groups in total. The molecule has 0 aromatic heterocycles. The molecule has 0 radical (unpaired) electrons. The van der Waals surface area contributed by atoms with Gasteiger partial charge < -0.3 is 10.1 Å². The predicted molar refractivity (Wildman–Crippen MR) is 83.4 cm³/mol. The van der Waals surface area contributed by atoms with Crippen LogP contribution < -0.4 is 5.32 Å². The number of benzene rings is 1. The molecular weight excluding hydrogens is 297 g/mol. The summed E-state index contributed by atoms with van der Waals surface area (Å²) in [5, 5.41) is 4.71. The number of rotatable bonds is 8. The Kier molecular flexibility index (Phi) is 7.97. The minimum Gasteiger partial charge on any atom is -0.466 e. The van der Waals surface area contributed by atoms with Gasteiger partial charge in [0.15, 0.2) is 0 Å². The van der Waals surface area contributed by atoms with Crippen LogP contribution in [0.1, 0.15) is 44.7 Å². The third kappa shape index (κ3) is 5.70. The largest absolute Gasteiger partial charge is 0.466 e. The Balaban J connectivity index is 2.45. The number of carbonyl (C=O) groups is 1. The molecule has 112 valence electrons. The lowest BCUT2D eigenvalue weighted by molar-refractivity contribution is -0.143. The van der Waals surface area contributed by atoms with Crippen LogP contribution in [0.5, 0.6) is 0 Å². The lowest BCUT2D eigenvalue weighted by Crippen LogP contribution is -2.23. The fraction of sp³-hybridized carbons (Fsp3) is 0.533. The van der Waals surface area contributed by atoms with Crippen molar-refractivity contribution in [2.24, 2.45) is 0 Å². The first-order valence-corrected chi connectivity index (χ1v) is 7.68. The molecule has 0 bridgehead atoms. The van der Waals surface area contributed by atoms with Gasteiger partial charge in [0, 0.05) is 22.5 Å². The molecule has 1 aromatic carbocycles. The van der Waals surface area contributed by atoms with Crippen LogP contribution in [0.15, 0.2) is 18.2 Å². The second kappa shape index (κ2) is 9.22. The first kappa shape index (κ1) is 17.3. The minimum absolute atomic E-state index is 0.146. The van der Waals surface area contributed by atoms with Crippen molar-refractivity contribution in [1.29, 1.82) is 0 Å². The van der Waals surface area contributed by atoms with Crippen molar-refractivity contribution >= 4 is 29.2 Å². The van der Waals surface area contributed by atoms with E-state index >= 15 is 0 Å². The molecular formula is C15H21Cl2NO2. The molecule has 3 nitrogen and oxygen atoms in total. The van der Waals surface area contributed by atoms with Gasteiger partial charge in [0.2, 0.25) is 0 Å². The van der Waals surface area contributed by atoms with E-state index in [1.54, 1.807) is 6.07 Å². The van der Waals surface area contributed by atoms with E-state index < -0.39 is 0 Å². The molecule has 20 heavy (non-hydrogen) atoms. The summed E-state index contributed by atoms with van der Waals surface area (Å²) in [6, 6.07) is 5.70. The molecule has 1 atom stereocenters. The fourth-order valence-corrected chi connectivity index (χ4v) is 2.54. The number of nitrogens with one attached hydrogen (secondary N) is 1. The summed E-state index contributed by atoms with van der Waals surface area (Å²) in [6.07, 6.45) is 2.10. The summed E-state index contributed by atoms with van der Waals surface area (Å²) in [7, 11) is 0. The number of halogens is 2. The van der Waals surface area contributed by atoms with E-state index in [4.69, 9.17) is 27.9 Å². The number of carbonyl (C=O) groups excluding carboxylic acids is 1. The third-order valence-electron chi connectivity index (χ3n) is 3.00. The smallest absolute Gasteiger partial charge is 0.305 e. The summed E-state index contributed by atoms with van der Waals surface area (Å²) < 4.78 is 4.89. The summed E-state index contributed by atoms with van der Waals surface area (Å²) in [5.41, 5.74) is 1.04. The van der Waals surface area contributed by atoms with Crippen LogP contribution in [0.3, 0.4) is 0 Å². The summed E-state index contributed by atoms with van der Waals surface area (Å²) >= 11 is 12.1. The molecule has 0 saturated heterocycles. The Morgan fingerprint density at radius 2 is 2.10 bits per heavy atom. The molecule has 0 spiro atoms. The Morgan fingerprint density at radius 1 is 1.35 bits per heavy atom. The van der Waals surface area contributed by atoms with Crippen molar-refractivity contribution in [2.45, 2.75) is 39.2 Å². The number of hydrogen-bond donors (Lipinski definition) is 1. The van der Waals surface area contributed by atoms with Crippen molar-refractivity contribution in [3.8, 4) is 0 Å². The Labute approximate surface area is 130 Å². The first-order valence-electron chi connectivity index (χ1n) is 6.92. The maximum Gasteiger partial charge on any atom is 0.305 e. The highest BCUT2D eigenvalue weighted by Crippen LogP contribution is 2.27. The monoisotopic (exact) mass is 317 g/mol. The summed E-state index contributed by atoms with van der Waals surface area (Å²) in [5.74, 6) is -0.146. The lowest BCUT2D eigenvalue weighted by Gasteiger charge is -2.18. The average molecular weight is 318 g/mol. The molecule has 0 saturated carbocycles. The zero-order valence-corrected chi connectivity index (χ0v) is 13.4. The maximum atomic E-state index is 11.2. The van der Waals surface area contributed by atoms with Gasteiger partial charge in [-0.3, -0.25) is 4.79 Å². The highest BCUT2D eigenvalue weighted by molar-refractivity contribution is 6.35. The summed E-state index contributed by atoms with van der Waals surface area (Å²) in [6.45, 7) is 5.08. The van der Waals surface area contributed by atoms with Crippen LogP contribution in [0, 0.1) is 0 Å². The summed E-state index contributed by atoms with van der Waals surface area (Å²) in [4.78, 5) is 11.2. The van der Waals surface area contributed by atoms with E-state index in [0.29, 0.717) is 23.1 Å². The minimum atomic E-state index is -0.146. The molecule has 0 fully saturated rings. The normalized spacial score (nSPS) is 12.2. The quantitative estimate of drug-likeness (QED) is 0.571. The number of esters is 1. The van der Waals surface area contributed by atoms with Crippen molar-refractivity contribution in [3.05, 3.63) is 33.8 Å². The van der Waals surface area contributed by atoms with E-state index in [0.717, 1.165) is 24.9 Å². The maximum absolute atomic E-state index is 11.2. The first-order chi connectivity index (χ1) is 9.58. The molecule has 0 aliphatic heterocycles. The van der Waals surface area contributed by atoms with Crippen LogP contribution in [-0.4, -0.2) is 19.1 Å². The van der Waals surface area contributed by atoms with Gasteiger partial charge in [0.1, 0.15) is 0 Å². The number of hydrogen-bond acceptors (Lipinski definition) is 3. The van der Waals surface area contributed by atoms with Crippen molar-refractivity contribution in [1.82, 2.24) is 5.32 Å². The highest BCUT2D eigenvalue weighted by Gasteiger charge is 2.12. The van der Waals surface area contributed by atoms with Gasteiger partial charge >= 0.3 is 5.97 Å². The standard InChI is InChI=1S/C15H21Cl2NO2/c1-3-14(12-8-7-11(16)10-13(12)17)18-9-5-6-15(19)20-4-2/h7-8,10,14,18H,3-6,9H2,1-2H3. The highest BCUT2D eigenvalue weighted by atomic mass is 35.5. The van der Waals surface area contributed by atoms with Gasteiger partial charge in [0.05, 0.1) is 6.61 Å².